The fourth-order valence-electron chi connectivity index (χ4n) is 0.596. The number of hydrogen-bond acceptors (Lipinski definition) is 3. The van der Waals surface area contributed by atoms with Crippen LogP contribution >= 0.6 is 0 Å². The molecule has 0 unspecified atom stereocenters. The van der Waals surface area contributed by atoms with E-state index in [1.54, 1.807) is 0 Å². The average molecular weight is 139 g/mol. The zero-order chi connectivity index (χ0) is 7.56. The van der Waals surface area contributed by atoms with Gasteiger partial charge < -0.3 is 15.3 Å². The molecule has 1 rings (SSSR count). The number of rotatable bonds is 1. The number of nitrogens with zero attached hydrogens (tertiary/aromatic N) is 1. The van der Waals surface area contributed by atoms with Crippen molar-refractivity contribution in [2.24, 2.45) is 0 Å². The number of aromatic nitrogens is 1. The van der Waals surface area contributed by atoms with E-state index in [2.05, 4.69) is 0 Å². The van der Waals surface area contributed by atoms with Crippen LogP contribution in [0.3, 0.4) is 0 Å². The molecule has 0 atom stereocenters. The van der Waals surface area contributed by atoms with Gasteiger partial charge in [-0.25, -0.2) is 0 Å². The van der Waals surface area contributed by atoms with Crippen LogP contribution in [0.25, 0.3) is 0 Å². The van der Waals surface area contributed by atoms with Crippen molar-refractivity contribution in [2.75, 3.05) is 0 Å². The van der Waals surface area contributed by atoms with Crippen LogP contribution in [0.1, 0.15) is 0 Å². The molecular weight excluding hydrogens is 133 g/mol. The van der Waals surface area contributed by atoms with Gasteiger partial charge in [-0.15, -0.1) is 0 Å². The van der Waals surface area contributed by atoms with Gasteiger partial charge in [0.1, 0.15) is 0 Å². The Morgan fingerprint density at radius 2 is 1.80 bits per heavy atom. The molecule has 0 bridgehead atoms. The largest absolute Gasteiger partial charge is 0.619 e. The Morgan fingerprint density at radius 1 is 1.30 bits per heavy atom. The van der Waals surface area contributed by atoms with E-state index in [4.69, 9.17) is 10.0 Å². The highest BCUT2D eigenvalue weighted by Crippen LogP contribution is 1.76. The molecule has 4 nitrogen and oxygen atoms in total. The molecule has 2 N–H and O–H groups in total. The first-order chi connectivity index (χ1) is 4.70. The lowest BCUT2D eigenvalue weighted by molar-refractivity contribution is -0.605. The van der Waals surface area contributed by atoms with Crippen molar-refractivity contribution in [3.63, 3.8) is 0 Å². The van der Waals surface area contributed by atoms with Crippen LogP contribution in [0, 0.1) is 5.21 Å². The molecule has 0 spiro atoms. The van der Waals surface area contributed by atoms with Gasteiger partial charge in [-0.2, -0.15) is 4.73 Å². The molecule has 1 aromatic heterocycles. The quantitative estimate of drug-likeness (QED) is 0.268. The van der Waals surface area contributed by atoms with Crippen molar-refractivity contribution >= 4 is 12.6 Å². The summed E-state index contributed by atoms with van der Waals surface area (Å²) in [6, 6.07) is 2.69. The topological polar surface area (TPSA) is 67.4 Å². The Morgan fingerprint density at radius 3 is 2.20 bits per heavy atom. The third-order valence-electron chi connectivity index (χ3n) is 1.13. The standard InChI is InChI=1S/C5H6BNO3/c8-6(9)5-1-3-7(10)4-2-5/h1-4,8-9H. The maximum Gasteiger partial charge on any atom is 0.488 e. The molecule has 0 radical (unpaired) electrons. The van der Waals surface area contributed by atoms with Crippen molar-refractivity contribution in [1.82, 2.24) is 0 Å². The highest BCUT2D eigenvalue weighted by molar-refractivity contribution is 6.58. The third kappa shape index (κ3) is 1.46. The maximum absolute atomic E-state index is 10.4. The van der Waals surface area contributed by atoms with E-state index in [-0.39, 0.29) is 0 Å². The lowest BCUT2D eigenvalue weighted by atomic mass is 9.81. The smallest absolute Gasteiger partial charge is 0.488 e. The summed E-state index contributed by atoms with van der Waals surface area (Å²) in [5.74, 6) is 0. The second-order valence-electron chi connectivity index (χ2n) is 1.87. The monoisotopic (exact) mass is 139 g/mol. The zero-order valence-corrected chi connectivity index (χ0v) is 5.14. The summed E-state index contributed by atoms with van der Waals surface area (Å²) in [4.78, 5) is 0. The van der Waals surface area contributed by atoms with Crippen LogP contribution < -0.4 is 10.2 Å². The summed E-state index contributed by atoms with van der Waals surface area (Å²) in [5, 5.41) is 27.5. The van der Waals surface area contributed by atoms with Gasteiger partial charge in [-0.05, 0) is 5.46 Å². The van der Waals surface area contributed by atoms with E-state index >= 15 is 0 Å². The van der Waals surface area contributed by atoms with E-state index in [1.807, 2.05) is 0 Å². The average Bonchev–Trinajstić information content (AvgIpc) is 1.88. The lowest BCUT2D eigenvalue weighted by Gasteiger charge is -1.97. The highest BCUT2D eigenvalue weighted by Gasteiger charge is 2.10. The van der Waals surface area contributed by atoms with Crippen molar-refractivity contribution in [2.45, 2.75) is 0 Å². The molecule has 5 heteroatoms. The molecule has 0 saturated carbocycles. The Labute approximate surface area is 58.1 Å². The first-order valence-corrected chi connectivity index (χ1v) is 2.75. The second kappa shape index (κ2) is 2.68. The molecule has 0 aliphatic carbocycles. The Balaban J connectivity index is 2.89. The summed E-state index contributed by atoms with van der Waals surface area (Å²) >= 11 is 0. The van der Waals surface area contributed by atoms with Gasteiger partial charge in [0.25, 0.3) is 0 Å². The molecule has 0 fully saturated rings. The number of pyridine rings is 1. The summed E-state index contributed by atoms with van der Waals surface area (Å²) in [6.45, 7) is 0. The molecular formula is C5H6BNO3. The minimum absolute atomic E-state index is 0.312. The van der Waals surface area contributed by atoms with E-state index in [0.717, 1.165) is 0 Å². The van der Waals surface area contributed by atoms with Gasteiger partial charge in [0.2, 0.25) is 0 Å². The molecule has 0 aliphatic heterocycles. The van der Waals surface area contributed by atoms with Gasteiger partial charge in [0.05, 0.1) is 0 Å². The molecule has 1 heterocycles. The summed E-state index contributed by atoms with van der Waals surface area (Å²) in [5.41, 5.74) is 0.312. The maximum atomic E-state index is 10.4. The van der Waals surface area contributed by atoms with E-state index in [1.165, 1.54) is 24.5 Å². The zero-order valence-electron chi connectivity index (χ0n) is 5.14. The number of hydrogen-bond donors (Lipinski definition) is 2. The molecule has 52 valence electrons. The first kappa shape index (κ1) is 7.05. The summed E-state index contributed by atoms with van der Waals surface area (Å²) in [7, 11) is -1.50. The summed E-state index contributed by atoms with van der Waals surface area (Å²) in [6.07, 6.45) is 2.41. The SMILES string of the molecule is [O-][n+]1ccc(B(O)O)cc1. The first-order valence-electron chi connectivity index (χ1n) is 2.75. The van der Waals surface area contributed by atoms with Crippen LogP contribution in [0.2, 0.25) is 0 Å². The van der Waals surface area contributed by atoms with Gasteiger partial charge in [-0.1, -0.05) is 0 Å². The second-order valence-corrected chi connectivity index (χ2v) is 1.87. The van der Waals surface area contributed by atoms with Crippen LogP contribution in [0.5, 0.6) is 0 Å². The fraction of sp³-hybridized carbons (Fsp3) is 0. The van der Waals surface area contributed by atoms with Crippen LogP contribution in [0.15, 0.2) is 24.5 Å². The Bertz CT molecular complexity index is 211. The normalized spacial score (nSPS) is 9.40. The molecule has 0 amide bonds. The molecule has 10 heavy (non-hydrogen) atoms. The minimum Gasteiger partial charge on any atom is -0.619 e. The molecule has 0 aromatic carbocycles. The van der Waals surface area contributed by atoms with Crippen LogP contribution in [0.4, 0.5) is 0 Å². The third-order valence-corrected chi connectivity index (χ3v) is 1.13. The van der Waals surface area contributed by atoms with Gasteiger partial charge in [0.15, 0.2) is 12.4 Å². The predicted octanol–water partition coefficient (Wildman–Crippen LogP) is -2.00. The Kier molecular flexibility index (Phi) is 1.89. The predicted molar refractivity (Wildman–Crippen MR) is 35.2 cm³/mol. The van der Waals surface area contributed by atoms with Crippen LogP contribution in [-0.2, 0) is 0 Å². The molecule has 1 aromatic rings. The van der Waals surface area contributed by atoms with E-state index < -0.39 is 7.12 Å². The lowest BCUT2D eigenvalue weighted by Crippen LogP contribution is -2.34. The van der Waals surface area contributed by atoms with E-state index in [9.17, 15) is 5.21 Å². The van der Waals surface area contributed by atoms with E-state index in [0.29, 0.717) is 10.2 Å². The van der Waals surface area contributed by atoms with Crippen molar-refractivity contribution < 1.29 is 14.8 Å². The molecule has 0 aliphatic rings. The molecule has 0 saturated heterocycles. The van der Waals surface area contributed by atoms with Gasteiger partial charge >= 0.3 is 7.12 Å². The van der Waals surface area contributed by atoms with Crippen molar-refractivity contribution in [1.29, 1.82) is 0 Å². The minimum atomic E-state index is -1.50. The fourth-order valence-corrected chi connectivity index (χ4v) is 0.596. The van der Waals surface area contributed by atoms with Gasteiger partial charge in [-0.3, -0.25) is 0 Å². The summed E-state index contributed by atoms with van der Waals surface area (Å²) < 4.78 is 0.575. The van der Waals surface area contributed by atoms with Crippen LogP contribution in [-0.4, -0.2) is 17.2 Å². The Hall–Kier alpha value is -1.07. The van der Waals surface area contributed by atoms with Crippen molar-refractivity contribution in [3.8, 4) is 0 Å². The highest BCUT2D eigenvalue weighted by atomic mass is 16.5. The van der Waals surface area contributed by atoms with Gasteiger partial charge in [0, 0.05) is 12.1 Å². The van der Waals surface area contributed by atoms with Crippen molar-refractivity contribution in [3.05, 3.63) is 29.7 Å².